The molecule has 0 fully saturated rings. The van der Waals surface area contributed by atoms with Crippen molar-refractivity contribution in [2.24, 2.45) is 0 Å². The maximum atomic E-state index is 13.2. The van der Waals surface area contributed by atoms with Crippen LogP contribution in [0.1, 0.15) is 36.5 Å². The van der Waals surface area contributed by atoms with Crippen molar-refractivity contribution in [1.29, 1.82) is 0 Å². The number of nitrogens with one attached hydrogen (secondary N) is 1. The van der Waals surface area contributed by atoms with Crippen LogP contribution in [0.2, 0.25) is 0 Å². The fourth-order valence-corrected chi connectivity index (χ4v) is 1.87. The number of rotatable bonds is 6. The zero-order valence-electron chi connectivity index (χ0n) is 11.8. The number of ether oxygens (including phenoxy) is 1. The Morgan fingerprint density at radius 2 is 2.05 bits per heavy atom. The van der Waals surface area contributed by atoms with Crippen LogP contribution in [0.15, 0.2) is 18.2 Å². The van der Waals surface area contributed by atoms with Crippen LogP contribution in [0, 0.1) is 5.82 Å². The molecule has 3 nitrogen and oxygen atoms in total. The first-order chi connectivity index (χ1) is 9.73. The molecule has 0 saturated carbocycles. The fourth-order valence-electron chi connectivity index (χ4n) is 1.87. The molecule has 21 heavy (non-hydrogen) atoms. The summed E-state index contributed by atoms with van der Waals surface area (Å²) < 4.78 is 54.0. The van der Waals surface area contributed by atoms with Gasteiger partial charge in [-0.25, -0.2) is 9.18 Å². The van der Waals surface area contributed by atoms with Gasteiger partial charge >= 0.3 is 12.1 Å². The highest BCUT2D eigenvalue weighted by atomic mass is 19.4. The number of halogens is 4. The number of benzene rings is 1. The Bertz CT molecular complexity index is 488. The van der Waals surface area contributed by atoms with E-state index in [1.165, 1.54) is 13.2 Å². The van der Waals surface area contributed by atoms with Gasteiger partial charge in [-0.2, -0.15) is 13.2 Å². The van der Waals surface area contributed by atoms with Gasteiger partial charge in [-0.3, -0.25) is 0 Å². The van der Waals surface area contributed by atoms with Gasteiger partial charge in [0.2, 0.25) is 0 Å². The van der Waals surface area contributed by atoms with Gasteiger partial charge in [0.25, 0.3) is 0 Å². The summed E-state index contributed by atoms with van der Waals surface area (Å²) in [5, 5.41) is 2.84. The van der Waals surface area contributed by atoms with Crippen LogP contribution in [0.5, 0.6) is 0 Å². The third kappa shape index (κ3) is 6.01. The molecule has 1 unspecified atom stereocenters. The summed E-state index contributed by atoms with van der Waals surface area (Å²) in [6.45, 7) is 1.67. The SMILES string of the molecule is COC(=O)c1ccc(F)cc1NC(C)CCCC(F)(F)F. The zero-order chi connectivity index (χ0) is 16.0. The Balaban J connectivity index is 2.68. The van der Waals surface area contributed by atoms with Gasteiger partial charge in [0.1, 0.15) is 5.82 Å². The second-order valence-corrected chi connectivity index (χ2v) is 4.73. The molecule has 118 valence electrons. The first-order valence-corrected chi connectivity index (χ1v) is 6.44. The number of esters is 1. The molecule has 0 spiro atoms. The number of carbonyl (C=O) groups is 1. The summed E-state index contributed by atoms with van der Waals surface area (Å²) in [6.07, 6.45) is -4.85. The second kappa shape index (κ2) is 7.28. The maximum absolute atomic E-state index is 13.2. The van der Waals surface area contributed by atoms with Crippen LogP contribution in [-0.2, 0) is 4.74 Å². The van der Waals surface area contributed by atoms with Gasteiger partial charge in [0.15, 0.2) is 0 Å². The molecule has 0 aromatic heterocycles. The Morgan fingerprint density at radius 1 is 1.38 bits per heavy atom. The molecular weight excluding hydrogens is 290 g/mol. The number of hydrogen-bond donors (Lipinski definition) is 1. The number of hydrogen-bond acceptors (Lipinski definition) is 3. The molecule has 1 rings (SSSR count). The number of carbonyl (C=O) groups excluding carboxylic acids is 1. The van der Waals surface area contributed by atoms with Gasteiger partial charge < -0.3 is 10.1 Å². The van der Waals surface area contributed by atoms with Crippen molar-refractivity contribution >= 4 is 11.7 Å². The monoisotopic (exact) mass is 307 g/mol. The van der Waals surface area contributed by atoms with Gasteiger partial charge in [-0.1, -0.05) is 0 Å². The van der Waals surface area contributed by atoms with Gasteiger partial charge in [0, 0.05) is 12.5 Å². The summed E-state index contributed by atoms with van der Waals surface area (Å²) in [6, 6.07) is 3.17. The first kappa shape index (κ1) is 17.3. The van der Waals surface area contributed by atoms with Crippen molar-refractivity contribution in [2.75, 3.05) is 12.4 Å². The van der Waals surface area contributed by atoms with Crippen molar-refractivity contribution in [1.82, 2.24) is 0 Å². The molecule has 1 atom stereocenters. The lowest BCUT2D eigenvalue weighted by atomic mass is 10.1. The molecule has 1 N–H and O–H groups in total. The van der Waals surface area contributed by atoms with Crippen molar-refractivity contribution in [3.8, 4) is 0 Å². The molecule has 1 aromatic carbocycles. The second-order valence-electron chi connectivity index (χ2n) is 4.73. The predicted octanol–water partition coefficient (Wildman–Crippen LogP) is 4.15. The van der Waals surface area contributed by atoms with E-state index in [0.717, 1.165) is 12.1 Å². The molecule has 0 bridgehead atoms. The standard InChI is InChI=1S/C14H17F4NO2/c1-9(4-3-7-14(16,17)18)19-12-8-10(15)5-6-11(12)13(20)21-2/h5-6,8-9,19H,3-4,7H2,1-2H3. The highest BCUT2D eigenvalue weighted by Crippen LogP contribution is 2.24. The number of methoxy groups -OCH3 is 1. The van der Waals surface area contributed by atoms with E-state index >= 15 is 0 Å². The van der Waals surface area contributed by atoms with E-state index in [9.17, 15) is 22.4 Å². The smallest absolute Gasteiger partial charge is 0.389 e. The molecule has 1 aromatic rings. The molecule has 0 amide bonds. The van der Waals surface area contributed by atoms with Crippen LogP contribution >= 0.6 is 0 Å². The van der Waals surface area contributed by atoms with E-state index in [2.05, 4.69) is 10.1 Å². The minimum Gasteiger partial charge on any atom is -0.465 e. The molecule has 0 aliphatic heterocycles. The van der Waals surface area contributed by atoms with Gasteiger partial charge in [-0.05, 0) is 38.0 Å². The average Bonchev–Trinajstić information content (AvgIpc) is 2.36. The Hall–Kier alpha value is -1.79. The summed E-state index contributed by atoms with van der Waals surface area (Å²) in [7, 11) is 1.20. The van der Waals surface area contributed by atoms with Crippen LogP contribution in [0.3, 0.4) is 0 Å². The third-order valence-corrected chi connectivity index (χ3v) is 2.89. The highest BCUT2D eigenvalue weighted by molar-refractivity contribution is 5.95. The first-order valence-electron chi connectivity index (χ1n) is 6.44. The highest BCUT2D eigenvalue weighted by Gasteiger charge is 2.26. The quantitative estimate of drug-likeness (QED) is 0.634. The molecular formula is C14H17F4NO2. The maximum Gasteiger partial charge on any atom is 0.389 e. The van der Waals surface area contributed by atoms with Crippen LogP contribution in [0.4, 0.5) is 23.2 Å². The lowest BCUT2D eigenvalue weighted by Gasteiger charge is -2.18. The minimum absolute atomic E-state index is 0.0411. The van der Waals surface area contributed by atoms with E-state index < -0.39 is 24.4 Å². The molecule has 0 aliphatic rings. The topological polar surface area (TPSA) is 38.3 Å². The fraction of sp³-hybridized carbons (Fsp3) is 0.500. The predicted molar refractivity (Wildman–Crippen MR) is 70.7 cm³/mol. The van der Waals surface area contributed by atoms with Gasteiger partial charge in [-0.15, -0.1) is 0 Å². The lowest BCUT2D eigenvalue weighted by Crippen LogP contribution is -2.19. The Labute approximate surface area is 120 Å². The molecule has 0 heterocycles. The summed E-state index contributed by atoms with van der Waals surface area (Å²) in [5.41, 5.74) is 0.350. The van der Waals surface area contributed by atoms with Gasteiger partial charge in [0.05, 0.1) is 18.4 Å². The number of alkyl halides is 3. The Morgan fingerprint density at radius 3 is 2.62 bits per heavy atom. The van der Waals surface area contributed by atoms with Crippen molar-refractivity contribution in [3.05, 3.63) is 29.6 Å². The van der Waals surface area contributed by atoms with E-state index in [1.54, 1.807) is 6.92 Å². The summed E-state index contributed by atoms with van der Waals surface area (Å²) in [4.78, 5) is 11.5. The molecule has 7 heteroatoms. The van der Waals surface area contributed by atoms with E-state index in [1.807, 2.05) is 0 Å². The average molecular weight is 307 g/mol. The molecule has 0 saturated heterocycles. The van der Waals surface area contributed by atoms with Crippen molar-refractivity contribution < 1.29 is 27.1 Å². The van der Waals surface area contributed by atoms with E-state index in [0.29, 0.717) is 0 Å². The lowest BCUT2D eigenvalue weighted by molar-refractivity contribution is -0.135. The van der Waals surface area contributed by atoms with Crippen molar-refractivity contribution in [2.45, 2.75) is 38.4 Å². The molecule has 0 aliphatic carbocycles. The van der Waals surface area contributed by atoms with Crippen LogP contribution in [0.25, 0.3) is 0 Å². The normalized spacial score (nSPS) is 12.9. The van der Waals surface area contributed by atoms with E-state index in [-0.39, 0.29) is 30.1 Å². The largest absolute Gasteiger partial charge is 0.465 e. The van der Waals surface area contributed by atoms with Crippen LogP contribution < -0.4 is 5.32 Å². The summed E-state index contributed by atoms with van der Waals surface area (Å²) >= 11 is 0. The molecule has 0 radical (unpaired) electrons. The Kier molecular flexibility index (Phi) is 5.99. The van der Waals surface area contributed by atoms with Crippen molar-refractivity contribution in [3.63, 3.8) is 0 Å². The van der Waals surface area contributed by atoms with Crippen LogP contribution in [-0.4, -0.2) is 25.3 Å². The summed E-state index contributed by atoms with van der Waals surface area (Å²) in [5.74, 6) is -1.19. The minimum atomic E-state index is -4.18. The van der Waals surface area contributed by atoms with E-state index in [4.69, 9.17) is 0 Å². The third-order valence-electron chi connectivity index (χ3n) is 2.89. The number of anilines is 1. The zero-order valence-corrected chi connectivity index (χ0v) is 11.8.